The number of aromatic amines is 1. The van der Waals surface area contributed by atoms with Crippen molar-refractivity contribution in [3.05, 3.63) is 36.0 Å². The highest BCUT2D eigenvalue weighted by molar-refractivity contribution is 5.97. The maximum absolute atomic E-state index is 13.6. The zero-order valence-corrected chi connectivity index (χ0v) is 20.4. The molecule has 12 nitrogen and oxygen atoms in total. The van der Waals surface area contributed by atoms with E-state index < -0.39 is 60.2 Å². The van der Waals surface area contributed by atoms with Crippen LogP contribution in [0.2, 0.25) is 0 Å². The lowest BCUT2D eigenvalue weighted by Gasteiger charge is -2.29. The number of carboxylic acids is 1. The van der Waals surface area contributed by atoms with Crippen LogP contribution in [-0.2, 0) is 30.4 Å². The minimum Gasteiger partial charge on any atom is -0.480 e. The summed E-state index contributed by atoms with van der Waals surface area (Å²) in [5, 5.41) is 18.7. The summed E-state index contributed by atoms with van der Waals surface area (Å²) in [6.45, 7) is 0.928. The summed E-state index contributed by atoms with van der Waals surface area (Å²) < 4.78 is 0. The number of nitrogens with zero attached hydrogens (tertiary/aromatic N) is 1. The van der Waals surface area contributed by atoms with E-state index in [0.29, 0.717) is 25.8 Å². The number of carbonyl (C=O) groups is 5. The molecule has 4 atom stereocenters. The molecule has 0 bridgehead atoms. The van der Waals surface area contributed by atoms with E-state index >= 15 is 0 Å². The predicted molar refractivity (Wildman–Crippen MR) is 133 cm³/mol. The maximum atomic E-state index is 13.6. The molecule has 3 heterocycles. The fourth-order valence-electron chi connectivity index (χ4n) is 5.07. The van der Waals surface area contributed by atoms with Gasteiger partial charge in [0.2, 0.25) is 23.6 Å². The Morgan fingerprint density at radius 3 is 2.57 bits per heavy atom. The first-order valence-electron chi connectivity index (χ1n) is 12.5. The van der Waals surface area contributed by atoms with E-state index in [0.717, 1.165) is 22.9 Å². The van der Waals surface area contributed by atoms with E-state index in [1.54, 1.807) is 6.20 Å². The number of hydrogen-bond acceptors (Lipinski definition) is 6. The van der Waals surface area contributed by atoms with Crippen LogP contribution in [0.1, 0.15) is 37.7 Å². The third kappa shape index (κ3) is 6.08. The molecule has 1 aromatic heterocycles. The van der Waals surface area contributed by atoms with Gasteiger partial charge in [0.25, 0.3) is 0 Å². The van der Waals surface area contributed by atoms with Gasteiger partial charge in [-0.15, -0.1) is 0 Å². The Morgan fingerprint density at radius 1 is 1.08 bits per heavy atom. The molecular weight excluding hydrogens is 480 g/mol. The van der Waals surface area contributed by atoms with Gasteiger partial charge < -0.3 is 36.7 Å². The third-order valence-electron chi connectivity index (χ3n) is 6.95. The summed E-state index contributed by atoms with van der Waals surface area (Å²) in [4.78, 5) is 67.4. The minimum absolute atomic E-state index is 0.0822. The molecule has 37 heavy (non-hydrogen) atoms. The molecule has 2 aromatic rings. The lowest BCUT2D eigenvalue weighted by Crippen LogP contribution is -2.58. The van der Waals surface area contributed by atoms with Gasteiger partial charge in [0.05, 0.1) is 12.5 Å². The average Bonchev–Trinajstić information content (AvgIpc) is 3.63. The molecule has 4 amide bonds. The number of nitrogens with one attached hydrogen (secondary N) is 4. The number of carbonyl (C=O) groups excluding carboxylic acids is 4. The maximum Gasteiger partial charge on any atom is 0.326 e. The number of aliphatic carboxylic acids is 1. The van der Waals surface area contributed by atoms with E-state index in [4.69, 9.17) is 5.73 Å². The molecule has 2 aliphatic rings. The Labute approximate surface area is 213 Å². The molecule has 0 spiro atoms. The molecule has 1 aromatic carbocycles. The predicted octanol–water partition coefficient (Wildman–Crippen LogP) is -0.617. The summed E-state index contributed by atoms with van der Waals surface area (Å²) in [6.07, 6.45) is 3.65. The second kappa shape index (κ2) is 11.4. The van der Waals surface area contributed by atoms with E-state index in [1.165, 1.54) is 4.90 Å². The number of H-pyrrole nitrogens is 1. The van der Waals surface area contributed by atoms with Crippen LogP contribution in [0.4, 0.5) is 0 Å². The molecule has 198 valence electrons. The van der Waals surface area contributed by atoms with Crippen molar-refractivity contribution in [2.45, 2.75) is 62.7 Å². The van der Waals surface area contributed by atoms with Crippen molar-refractivity contribution < 1.29 is 29.1 Å². The number of amides is 4. The van der Waals surface area contributed by atoms with Gasteiger partial charge >= 0.3 is 5.97 Å². The Hall–Kier alpha value is -3.93. The number of carboxylic acid groups (broad SMARTS) is 1. The largest absolute Gasteiger partial charge is 0.480 e. The third-order valence-corrected chi connectivity index (χ3v) is 6.95. The van der Waals surface area contributed by atoms with Crippen LogP contribution in [0.5, 0.6) is 0 Å². The monoisotopic (exact) mass is 512 g/mol. The normalized spacial score (nSPS) is 20.9. The summed E-state index contributed by atoms with van der Waals surface area (Å²) in [6, 6.07) is 3.62. The fourth-order valence-corrected chi connectivity index (χ4v) is 5.07. The highest BCUT2D eigenvalue weighted by Crippen LogP contribution is 2.23. The fraction of sp³-hybridized carbons (Fsp3) is 0.480. The van der Waals surface area contributed by atoms with Gasteiger partial charge in [-0.25, -0.2) is 4.79 Å². The quantitative estimate of drug-likeness (QED) is 0.245. The van der Waals surface area contributed by atoms with E-state index in [1.807, 2.05) is 24.3 Å². The molecular formula is C25H32N6O6. The van der Waals surface area contributed by atoms with Crippen molar-refractivity contribution in [2.75, 3.05) is 13.1 Å². The van der Waals surface area contributed by atoms with Gasteiger partial charge in [0.15, 0.2) is 0 Å². The Bertz CT molecular complexity index is 1190. The standard InChI is InChI=1S/C25H32N6O6/c26-21(32)12-18(29-22(33)17-7-3-9-27-17)23(34)30-19(24(35)31-10-4-8-20(31)25(36)37)11-14-13-28-16-6-2-1-5-15(14)16/h1-2,5-6,13,17-20,27-28H,3-4,7-12H2,(H2,26,32)(H,29,33)(H,30,34)(H,36,37). The molecule has 2 fully saturated rings. The van der Waals surface area contributed by atoms with Crippen molar-refractivity contribution in [2.24, 2.45) is 5.73 Å². The number of benzene rings is 1. The number of primary amides is 1. The number of rotatable bonds is 10. The van der Waals surface area contributed by atoms with Crippen LogP contribution in [0, 0.1) is 0 Å². The van der Waals surface area contributed by atoms with E-state index in [9.17, 15) is 29.1 Å². The number of hydrogen-bond donors (Lipinski definition) is 6. The van der Waals surface area contributed by atoms with Crippen LogP contribution < -0.4 is 21.7 Å². The van der Waals surface area contributed by atoms with Gasteiger partial charge in [0.1, 0.15) is 18.1 Å². The minimum atomic E-state index is -1.28. The van der Waals surface area contributed by atoms with Gasteiger partial charge in [-0.3, -0.25) is 19.2 Å². The molecule has 4 unspecified atom stereocenters. The van der Waals surface area contributed by atoms with Crippen LogP contribution in [-0.4, -0.2) is 81.8 Å². The van der Waals surface area contributed by atoms with Crippen molar-refractivity contribution >= 4 is 40.5 Å². The van der Waals surface area contributed by atoms with Gasteiger partial charge in [0, 0.05) is 30.1 Å². The second-order valence-electron chi connectivity index (χ2n) is 9.53. The average molecular weight is 513 g/mol. The summed E-state index contributed by atoms with van der Waals surface area (Å²) in [5.74, 6) is -3.60. The van der Waals surface area contributed by atoms with Gasteiger partial charge in [-0.1, -0.05) is 18.2 Å². The Balaban J connectivity index is 1.57. The first-order valence-corrected chi connectivity index (χ1v) is 12.5. The lowest BCUT2D eigenvalue weighted by molar-refractivity contribution is -0.149. The molecule has 2 saturated heterocycles. The molecule has 12 heteroatoms. The molecule has 4 rings (SSSR count). The topological polar surface area (TPSA) is 187 Å². The highest BCUT2D eigenvalue weighted by Gasteiger charge is 2.39. The number of nitrogens with two attached hydrogens (primary N) is 1. The van der Waals surface area contributed by atoms with E-state index in [-0.39, 0.29) is 13.0 Å². The van der Waals surface area contributed by atoms with Crippen LogP contribution in [0.25, 0.3) is 10.9 Å². The molecule has 0 saturated carbocycles. The van der Waals surface area contributed by atoms with Gasteiger partial charge in [-0.2, -0.15) is 0 Å². The van der Waals surface area contributed by atoms with Crippen molar-refractivity contribution in [3.63, 3.8) is 0 Å². The van der Waals surface area contributed by atoms with Crippen LogP contribution in [0.15, 0.2) is 30.5 Å². The lowest BCUT2D eigenvalue weighted by atomic mass is 10.0. The zero-order valence-electron chi connectivity index (χ0n) is 20.4. The highest BCUT2D eigenvalue weighted by atomic mass is 16.4. The SMILES string of the molecule is NC(=O)CC(NC(=O)C1CCCN1)C(=O)NC(Cc1c[nH]c2ccccc12)C(=O)N1CCCC1C(=O)O. The zero-order chi connectivity index (χ0) is 26.5. The summed E-state index contributed by atoms with van der Waals surface area (Å²) in [7, 11) is 0. The summed E-state index contributed by atoms with van der Waals surface area (Å²) in [5.41, 5.74) is 6.95. The molecule has 0 aliphatic carbocycles. The Kier molecular flexibility index (Phi) is 8.07. The van der Waals surface area contributed by atoms with Crippen molar-refractivity contribution in [1.29, 1.82) is 0 Å². The van der Waals surface area contributed by atoms with Crippen molar-refractivity contribution in [1.82, 2.24) is 25.8 Å². The van der Waals surface area contributed by atoms with Crippen LogP contribution >= 0.6 is 0 Å². The first kappa shape index (κ1) is 26.1. The van der Waals surface area contributed by atoms with Crippen molar-refractivity contribution in [3.8, 4) is 0 Å². The molecule has 2 aliphatic heterocycles. The number of para-hydroxylation sites is 1. The summed E-state index contributed by atoms with van der Waals surface area (Å²) >= 11 is 0. The Morgan fingerprint density at radius 2 is 1.86 bits per heavy atom. The number of aromatic nitrogens is 1. The first-order chi connectivity index (χ1) is 17.7. The smallest absolute Gasteiger partial charge is 0.326 e. The number of likely N-dealkylation sites (tertiary alicyclic amines) is 1. The van der Waals surface area contributed by atoms with E-state index in [2.05, 4.69) is 20.9 Å². The number of fused-ring (bicyclic) bond motifs is 1. The second-order valence-corrected chi connectivity index (χ2v) is 9.53. The molecule has 0 radical (unpaired) electrons. The van der Waals surface area contributed by atoms with Crippen LogP contribution in [0.3, 0.4) is 0 Å². The molecule has 7 N–H and O–H groups in total. The van der Waals surface area contributed by atoms with Gasteiger partial charge in [-0.05, 0) is 43.9 Å².